The van der Waals surface area contributed by atoms with Crippen LogP contribution in [0.5, 0.6) is 0 Å². The largest absolute Gasteiger partial charge is 0.481 e. The maximum Gasteiger partial charge on any atom is 0.317 e. The number of carbonyl (C=O) groups is 2. The quantitative estimate of drug-likeness (QED) is 0.827. The number of nitrogens with one attached hydrogen (secondary N) is 1. The zero-order valence-corrected chi connectivity index (χ0v) is 12.4. The molecule has 0 radical (unpaired) electrons. The van der Waals surface area contributed by atoms with E-state index in [1.54, 1.807) is 0 Å². The summed E-state index contributed by atoms with van der Waals surface area (Å²) >= 11 is 0. The first kappa shape index (κ1) is 15.8. The number of urea groups is 1. The lowest BCUT2D eigenvalue weighted by molar-refractivity contribution is -0.138. The topological polar surface area (TPSA) is 69.6 Å². The highest BCUT2D eigenvalue weighted by atomic mass is 16.4. The Morgan fingerprint density at radius 1 is 1.37 bits per heavy atom. The third-order valence-corrected chi connectivity index (χ3v) is 3.79. The van der Waals surface area contributed by atoms with Gasteiger partial charge in [-0.1, -0.05) is 20.8 Å². The molecule has 1 heterocycles. The second-order valence-corrected chi connectivity index (χ2v) is 6.50. The number of likely N-dealkylation sites (tertiary alicyclic amines) is 1. The van der Waals surface area contributed by atoms with Crippen molar-refractivity contribution in [3.8, 4) is 0 Å². The second kappa shape index (κ2) is 6.26. The Morgan fingerprint density at radius 3 is 2.47 bits per heavy atom. The third kappa shape index (κ3) is 4.73. The molecule has 0 aromatic carbocycles. The number of carbonyl (C=O) groups excluding carboxylic acids is 1. The molecular formula is C14H26N2O3. The van der Waals surface area contributed by atoms with E-state index in [2.05, 4.69) is 5.32 Å². The second-order valence-electron chi connectivity index (χ2n) is 6.50. The van der Waals surface area contributed by atoms with Gasteiger partial charge in [0.1, 0.15) is 0 Å². The first-order valence-electron chi connectivity index (χ1n) is 7.00. The fourth-order valence-electron chi connectivity index (χ4n) is 2.38. The summed E-state index contributed by atoms with van der Waals surface area (Å²) in [7, 11) is 0. The molecule has 110 valence electrons. The van der Waals surface area contributed by atoms with Crippen molar-refractivity contribution in [2.45, 2.75) is 65.5 Å². The van der Waals surface area contributed by atoms with Gasteiger partial charge in [-0.25, -0.2) is 4.79 Å². The molecule has 2 amide bonds. The van der Waals surface area contributed by atoms with E-state index >= 15 is 0 Å². The van der Waals surface area contributed by atoms with Crippen LogP contribution >= 0.6 is 0 Å². The summed E-state index contributed by atoms with van der Waals surface area (Å²) in [6.45, 7) is 8.64. The number of piperidine rings is 1. The third-order valence-electron chi connectivity index (χ3n) is 3.79. The summed E-state index contributed by atoms with van der Waals surface area (Å²) in [5, 5.41) is 11.9. The van der Waals surface area contributed by atoms with Crippen molar-refractivity contribution in [1.29, 1.82) is 0 Å². The molecule has 19 heavy (non-hydrogen) atoms. The molecule has 2 atom stereocenters. The van der Waals surface area contributed by atoms with Gasteiger partial charge in [0.15, 0.2) is 0 Å². The molecule has 0 aromatic heterocycles. The van der Waals surface area contributed by atoms with Crippen molar-refractivity contribution >= 4 is 12.0 Å². The van der Waals surface area contributed by atoms with Crippen LogP contribution in [-0.4, -0.2) is 40.6 Å². The Bertz CT molecular complexity index is 336. The van der Waals surface area contributed by atoms with E-state index in [1.165, 1.54) is 0 Å². The van der Waals surface area contributed by atoms with Gasteiger partial charge in [-0.15, -0.1) is 0 Å². The molecule has 2 N–H and O–H groups in total. The van der Waals surface area contributed by atoms with Crippen LogP contribution in [0.1, 0.15) is 53.4 Å². The molecular weight excluding hydrogens is 244 g/mol. The van der Waals surface area contributed by atoms with Gasteiger partial charge in [0.2, 0.25) is 0 Å². The highest BCUT2D eigenvalue weighted by Gasteiger charge is 2.31. The van der Waals surface area contributed by atoms with Gasteiger partial charge < -0.3 is 15.3 Å². The number of carboxylic acids is 1. The van der Waals surface area contributed by atoms with Crippen molar-refractivity contribution in [3.05, 3.63) is 0 Å². The van der Waals surface area contributed by atoms with Crippen molar-refractivity contribution in [3.63, 3.8) is 0 Å². The average molecular weight is 270 g/mol. The van der Waals surface area contributed by atoms with Crippen LogP contribution < -0.4 is 5.32 Å². The molecule has 0 aliphatic carbocycles. The molecule has 0 spiro atoms. The minimum atomic E-state index is -0.882. The molecule has 0 saturated carbocycles. The van der Waals surface area contributed by atoms with Gasteiger partial charge in [-0.05, 0) is 31.6 Å². The standard InChI is InChI=1S/C14H26N2O3/c1-10-7-5-6-8-16(10)13(19)15-11(9-12(17)18)14(2,3)4/h10-11H,5-9H2,1-4H3,(H,15,19)(H,17,18). The number of hydrogen-bond donors (Lipinski definition) is 2. The van der Waals surface area contributed by atoms with Crippen LogP contribution in [0.4, 0.5) is 4.79 Å². The Labute approximate surface area is 115 Å². The molecule has 2 unspecified atom stereocenters. The Morgan fingerprint density at radius 2 is 2.00 bits per heavy atom. The zero-order valence-electron chi connectivity index (χ0n) is 12.4. The molecule has 5 nitrogen and oxygen atoms in total. The van der Waals surface area contributed by atoms with Crippen LogP contribution in [0.25, 0.3) is 0 Å². The van der Waals surface area contributed by atoms with Crippen LogP contribution in [0.3, 0.4) is 0 Å². The smallest absolute Gasteiger partial charge is 0.317 e. The minimum Gasteiger partial charge on any atom is -0.481 e. The predicted octanol–water partition coefficient (Wildman–Crippen LogP) is 2.46. The van der Waals surface area contributed by atoms with E-state index in [-0.39, 0.29) is 30.0 Å². The summed E-state index contributed by atoms with van der Waals surface area (Å²) in [6.07, 6.45) is 3.16. The zero-order chi connectivity index (χ0) is 14.6. The van der Waals surface area contributed by atoms with Crippen LogP contribution in [0.15, 0.2) is 0 Å². The number of amides is 2. The van der Waals surface area contributed by atoms with Gasteiger partial charge in [0, 0.05) is 18.6 Å². The predicted molar refractivity (Wildman–Crippen MR) is 74.0 cm³/mol. The summed E-state index contributed by atoms with van der Waals surface area (Å²) in [4.78, 5) is 25.0. The summed E-state index contributed by atoms with van der Waals surface area (Å²) in [5.74, 6) is -0.882. The molecule has 1 fully saturated rings. The van der Waals surface area contributed by atoms with Crippen molar-refractivity contribution < 1.29 is 14.7 Å². The molecule has 1 aliphatic rings. The summed E-state index contributed by atoms with van der Waals surface area (Å²) in [5.41, 5.74) is -0.271. The van der Waals surface area contributed by atoms with E-state index < -0.39 is 5.97 Å². The number of rotatable bonds is 3. The lowest BCUT2D eigenvalue weighted by Crippen LogP contribution is -2.53. The normalized spacial score (nSPS) is 21.9. The van der Waals surface area contributed by atoms with Crippen molar-refractivity contribution in [2.24, 2.45) is 5.41 Å². The maximum absolute atomic E-state index is 12.3. The SMILES string of the molecule is CC1CCCCN1C(=O)NC(CC(=O)O)C(C)(C)C. The number of aliphatic carboxylic acids is 1. The van der Waals surface area contributed by atoms with Gasteiger partial charge >= 0.3 is 12.0 Å². The van der Waals surface area contributed by atoms with E-state index in [1.807, 2.05) is 32.6 Å². The van der Waals surface area contributed by atoms with Crippen LogP contribution in [0, 0.1) is 5.41 Å². The summed E-state index contributed by atoms with van der Waals surface area (Å²) in [6, 6.07) is -0.251. The van der Waals surface area contributed by atoms with E-state index in [0.29, 0.717) is 0 Å². The van der Waals surface area contributed by atoms with E-state index in [0.717, 1.165) is 25.8 Å². The molecule has 1 aliphatic heterocycles. The first-order valence-corrected chi connectivity index (χ1v) is 7.00. The minimum absolute atomic E-state index is 0.0442. The number of carboxylic acid groups (broad SMARTS) is 1. The molecule has 1 rings (SSSR count). The van der Waals surface area contributed by atoms with E-state index in [9.17, 15) is 9.59 Å². The first-order chi connectivity index (χ1) is 8.71. The van der Waals surface area contributed by atoms with Gasteiger partial charge in [0.05, 0.1) is 6.42 Å². The lowest BCUT2D eigenvalue weighted by atomic mass is 9.85. The summed E-state index contributed by atoms with van der Waals surface area (Å²) < 4.78 is 0. The fourth-order valence-corrected chi connectivity index (χ4v) is 2.38. The van der Waals surface area contributed by atoms with E-state index in [4.69, 9.17) is 5.11 Å². The lowest BCUT2D eigenvalue weighted by Gasteiger charge is -2.37. The molecule has 0 bridgehead atoms. The Balaban J connectivity index is 2.67. The van der Waals surface area contributed by atoms with Crippen LogP contribution in [-0.2, 0) is 4.79 Å². The highest BCUT2D eigenvalue weighted by molar-refractivity contribution is 5.76. The fraction of sp³-hybridized carbons (Fsp3) is 0.857. The molecule has 0 aromatic rings. The Kier molecular flexibility index (Phi) is 5.20. The number of nitrogens with zero attached hydrogens (tertiary/aromatic N) is 1. The maximum atomic E-state index is 12.3. The Hall–Kier alpha value is -1.26. The molecule has 1 saturated heterocycles. The van der Waals surface area contributed by atoms with Gasteiger partial charge in [-0.3, -0.25) is 4.79 Å². The van der Waals surface area contributed by atoms with Gasteiger partial charge in [-0.2, -0.15) is 0 Å². The van der Waals surface area contributed by atoms with Crippen molar-refractivity contribution in [1.82, 2.24) is 10.2 Å². The van der Waals surface area contributed by atoms with Crippen LogP contribution in [0.2, 0.25) is 0 Å². The monoisotopic (exact) mass is 270 g/mol. The highest BCUT2D eigenvalue weighted by Crippen LogP contribution is 2.23. The van der Waals surface area contributed by atoms with Gasteiger partial charge in [0.25, 0.3) is 0 Å². The average Bonchev–Trinajstić information content (AvgIpc) is 2.26. The molecule has 5 heteroatoms. The number of hydrogen-bond acceptors (Lipinski definition) is 2. The van der Waals surface area contributed by atoms with Crippen molar-refractivity contribution in [2.75, 3.05) is 6.54 Å².